The molecule has 5 nitrogen and oxygen atoms in total. The van der Waals surface area contributed by atoms with Crippen molar-refractivity contribution < 1.29 is 0 Å². The summed E-state index contributed by atoms with van der Waals surface area (Å²) in [5.41, 5.74) is 0.0839. The van der Waals surface area contributed by atoms with Crippen molar-refractivity contribution in [3.8, 4) is 0 Å². The van der Waals surface area contributed by atoms with Crippen molar-refractivity contribution in [2.24, 2.45) is 5.92 Å². The van der Waals surface area contributed by atoms with Crippen LogP contribution in [0.15, 0.2) is 4.79 Å². The first kappa shape index (κ1) is 9.15. The lowest BCUT2D eigenvalue weighted by Gasteiger charge is -1.98. The van der Waals surface area contributed by atoms with Crippen molar-refractivity contribution >= 4 is 0 Å². The Morgan fingerprint density at radius 1 is 1.40 bits per heavy atom. The maximum atomic E-state index is 12.0. The van der Waals surface area contributed by atoms with E-state index in [-0.39, 0.29) is 5.69 Å². The molecule has 0 aromatic carbocycles. The van der Waals surface area contributed by atoms with E-state index in [9.17, 15) is 4.79 Å². The van der Waals surface area contributed by atoms with Gasteiger partial charge in [-0.15, -0.1) is 0 Å². The molecular formula is C10H16N4O. The molecular weight excluding hydrogens is 192 g/mol. The Labute approximate surface area is 88.1 Å². The summed E-state index contributed by atoms with van der Waals surface area (Å²) in [6.45, 7) is 3.40. The molecule has 3 rings (SSSR count). The molecule has 1 aliphatic heterocycles. The maximum absolute atomic E-state index is 12.0. The summed E-state index contributed by atoms with van der Waals surface area (Å²) in [4.78, 5) is 12.0. The molecule has 15 heavy (non-hydrogen) atoms. The average molecular weight is 208 g/mol. The molecule has 2 aliphatic rings. The van der Waals surface area contributed by atoms with E-state index in [1.165, 1.54) is 12.8 Å². The molecule has 1 aromatic heterocycles. The number of hydrogen-bond donors (Lipinski definition) is 1. The van der Waals surface area contributed by atoms with E-state index in [0.29, 0.717) is 5.92 Å². The number of aromatic nitrogens is 3. The predicted molar refractivity (Wildman–Crippen MR) is 55.8 cm³/mol. The molecule has 1 fully saturated rings. The summed E-state index contributed by atoms with van der Waals surface area (Å²) in [6.07, 6.45) is 3.39. The fourth-order valence-corrected chi connectivity index (χ4v) is 2.08. The van der Waals surface area contributed by atoms with Gasteiger partial charge in [0.2, 0.25) is 0 Å². The van der Waals surface area contributed by atoms with Crippen molar-refractivity contribution in [2.45, 2.75) is 32.4 Å². The summed E-state index contributed by atoms with van der Waals surface area (Å²) >= 11 is 0. The number of rotatable bonds is 2. The molecule has 2 heterocycles. The van der Waals surface area contributed by atoms with Crippen molar-refractivity contribution in [1.82, 2.24) is 19.7 Å². The van der Waals surface area contributed by atoms with Crippen LogP contribution < -0.4 is 11.0 Å². The van der Waals surface area contributed by atoms with Gasteiger partial charge in [-0.2, -0.15) is 5.10 Å². The summed E-state index contributed by atoms with van der Waals surface area (Å²) in [5.74, 6) is 1.66. The molecule has 0 saturated heterocycles. The molecule has 1 aromatic rings. The van der Waals surface area contributed by atoms with Crippen molar-refractivity contribution in [3.05, 3.63) is 16.3 Å². The van der Waals surface area contributed by atoms with Crippen LogP contribution in [0.2, 0.25) is 0 Å². The van der Waals surface area contributed by atoms with Gasteiger partial charge in [0.05, 0.1) is 0 Å². The Kier molecular flexibility index (Phi) is 2.12. The zero-order valence-electron chi connectivity index (χ0n) is 8.78. The van der Waals surface area contributed by atoms with Crippen LogP contribution >= 0.6 is 0 Å². The van der Waals surface area contributed by atoms with Gasteiger partial charge < -0.3 is 5.32 Å². The molecule has 0 amide bonds. The van der Waals surface area contributed by atoms with E-state index in [1.807, 2.05) is 4.57 Å². The van der Waals surface area contributed by atoms with Gasteiger partial charge in [0.15, 0.2) is 0 Å². The largest absolute Gasteiger partial charge is 0.345 e. The lowest BCUT2D eigenvalue weighted by Crippen LogP contribution is -2.28. The van der Waals surface area contributed by atoms with Crippen LogP contribution in [0.1, 0.15) is 18.7 Å². The molecule has 1 aliphatic carbocycles. The van der Waals surface area contributed by atoms with Gasteiger partial charge in [0, 0.05) is 32.6 Å². The number of hydrogen-bond acceptors (Lipinski definition) is 3. The third-order valence-corrected chi connectivity index (χ3v) is 3.17. The van der Waals surface area contributed by atoms with E-state index >= 15 is 0 Å². The maximum Gasteiger partial charge on any atom is 0.345 e. The topological polar surface area (TPSA) is 51.9 Å². The van der Waals surface area contributed by atoms with Gasteiger partial charge in [-0.25, -0.2) is 9.48 Å². The third kappa shape index (κ3) is 1.71. The fraction of sp³-hybridized carbons (Fsp3) is 0.800. The lowest BCUT2D eigenvalue weighted by molar-refractivity contribution is 0.524. The minimum atomic E-state index is 0.0839. The summed E-state index contributed by atoms with van der Waals surface area (Å²) < 4.78 is 3.49. The van der Waals surface area contributed by atoms with Gasteiger partial charge >= 0.3 is 5.69 Å². The van der Waals surface area contributed by atoms with E-state index in [4.69, 9.17) is 0 Å². The fourth-order valence-electron chi connectivity index (χ4n) is 2.08. The zero-order chi connectivity index (χ0) is 10.3. The molecule has 82 valence electrons. The Morgan fingerprint density at radius 3 is 3.07 bits per heavy atom. The first-order valence-electron chi connectivity index (χ1n) is 5.72. The lowest BCUT2D eigenvalue weighted by atomic mass is 10.4. The van der Waals surface area contributed by atoms with Crippen LogP contribution in [-0.2, 0) is 19.5 Å². The number of nitrogens with one attached hydrogen (secondary N) is 1. The van der Waals surface area contributed by atoms with E-state index in [2.05, 4.69) is 10.4 Å². The van der Waals surface area contributed by atoms with Crippen molar-refractivity contribution in [1.29, 1.82) is 0 Å². The van der Waals surface area contributed by atoms with E-state index < -0.39 is 0 Å². The van der Waals surface area contributed by atoms with Crippen LogP contribution in [0.3, 0.4) is 0 Å². The van der Waals surface area contributed by atoms with Crippen LogP contribution in [0.5, 0.6) is 0 Å². The smallest absolute Gasteiger partial charge is 0.315 e. The first-order valence-corrected chi connectivity index (χ1v) is 5.72. The second-order valence-electron chi connectivity index (χ2n) is 4.48. The Balaban J connectivity index is 1.92. The highest BCUT2D eigenvalue weighted by molar-refractivity contribution is 4.92. The Hall–Kier alpha value is -1.10. The summed E-state index contributed by atoms with van der Waals surface area (Å²) in [5, 5.41) is 7.69. The van der Waals surface area contributed by atoms with Crippen LogP contribution in [-0.4, -0.2) is 27.4 Å². The second-order valence-corrected chi connectivity index (χ2v) is 4.48. The molecule has 1 saturated carbocycles. The molecule has 0 atom stereocenters. The third-order valence-electron chi connectivity index (χ3n) is 3.17. The molecule has 0 bridgehead atoms. The molecule has 5 heteroatoms. The minimum Gasteiger partial charge on any atom is -0.315 e. The van der Waals surface area contributed by atoms with Gasteiger partial charge in [0.1, 0.15) is 5.82 Å². The Bertz CT molecular complexity index is 416. The van der Waals surface area contributed by atoms with Crippen molar-refractivity contribution in [2.75, 3.05) is 13.1 Å². The minimum absolute atomic E-state index is 0.0839. The average Bonchev–Trinajstić information content (AvgIpc) is 3.00. The molecule has 0 radical (unpaired) electrons. The monoisotopic (exact) mass is 208 g/mol. The predicted octanol–water partition coefficient (Wildman–Crippen LogP) is -0.399. The van der Waals surface area contributed by atoms with Gasteiger partial charge in [0.25, 0.3) is 0 Å². The second kappa shape index (κ2) is 3.48. The van der Waals surface area contributed by atoms with E-state index in [0.717, 1.165) is 38.4 Å². The molecule has 0 spiro atoms. The first-order chi connectivity index (χ1) is 7.34. The number of fused-ring (bicyclic) bond motifs is 1. The van der Waals surface area contributed by atoms with Gasteiger partial charge in [-0.05, 0) is 18.8 Å². The van der Waals surface area contributed by atoms with Crippen LogP contribution in [0.25, 0.3) is 0 Å². The molecule has 0 unspecified atom stereocenters. The van der Waals surface area contributed by atoms with Gasteiger partial charge in [-0.1, -0.05) is 0 Å². The van der Waals surface area contributed by atoms with Crippen LogP contribution in [0.4, 0.5) is 0 Å². The zero-order valence-corrected chi connectivity index (χ0v) is 8.78. The summed E-state index contributed by atoms with van der Waals surface area (Å²) in [6, 6.07) is 0. The highest BCUT2D eigenvalue weighted by Gasteiger charge is 2.24. The van der Waals surface area contributed by atoms with E-state index in [1.54, 1.807) is 4.68 Å². The standard InChI is InChI=1S/C10H16N4O/c15-10-13-6-5-11-4-3-9(13)12-14(10)7-8-1-2-8/h8,11H,1-7H2. The highest BCUT2D eigenvalue weighted by Crippen LogP contribution is 2.29. The number of nitrogens with zero attached hydrogens (tertiary/aromatic N) is 3. The summed E-state index contributed by atoms with van der Waals surface area (Å²) in [7, 11) is 0. The normalized spacial score (nSPS) is 21.1. The quantitative estimate of drug-likeness (QED) is 0.719. The highest BCUT2D eigenvalue weighted by atomic mass is 16.2. The molecule has 1 N–H and O–H groups in total. The van der Waals surface area contributed by atoms with Gasteiger partial charge in [-0.3, -0.25) is 4.57 Å². The van der Waals surface area contributed by atoms with Crippen molar-refractivity contribution in [3.63, 3.8) is 0 Å². The SMILES string of the molecule is O=c1n(CC2CC2)nc2n1CCNCC2. The Morgan fingerprint density at radius 2 is 2.27 bits per heavy atom. The van der Waals surface area contributed by atoms with Crippen LogP contribution in [0, 0.1) is 5.92 Å².